The summed E-state index contributed by atoms with van der Waals surface area (Å²) in [6, 6.07) is 8.26. The van der Waals surface area contributed by atoms with Crippen molar-refractivity contribution >= 4 is 23.0 Å². The highest BCUT2D eigenvalue weighted by Crippen LogP contribution is 2.29. The average molecular weight is 326 g/mol. The number of nitrogens with one attached hydrogen (secondary N) is 1. The SMILES string of the molecule is CC(=NNC(=O)c1cc2c(s1)CCCC2)c1ccc(C)c(C)c1. The van der Waals surface area contributed by atoms with Crippen LogP contribution in [0.1, 0.15) is 56.6 Å². The molecule has 0 bridgehead atoms. The molecule has 0 aliphatic heterocycles. The molecule has 4 heteroatoms. The molecule has 1 aliphatic carbocycles. The number of benzene rings is 1. The molecule has 0 spiro atoms. The molecule has 1 amide bonds. The number of hydrogen-bond acceptors (Lipinski definition) is 3. The Morgan fingerprint density at radius 3 is 2.65 bits per heavy atom. The third-order valence-corrected chi connectivity index (χ3v) is 5.71. The van der Waals surface area contributed by atoms with Gasteiger partial charge in [-0.25, -0.2) is 5.43 Å². The first-order valence-electron chi connectivity index (χ1n) is 8.08. The van der Waals surface area contributed by atoms with Crippen LogP contribution in [-0.4, -0.2) is 11.6 Å². The average Bonchev–Trinajstić information content (AvgIpc) is 2.99. The normalized spacial score (nSPS) is 14.5. The summed E-state index contributed by atoms with van der Waals surface area (Å²) in [5.74, 6) is -0.104. The lowest BCUT2D eigenvalue weighted by Gasteiger charge is -2.08. The van der Waals surface area contributed by atoms with E-state index in [0.29, 0.717) is 0 Å². The third-order valence-electron chi connectivity index (χ3n) is 4.47. The lowest BCUT2D eigenvalue weighted by Crippen LogP contribution is -2.18. The summed E-state index contributed by atoms with van der Waals surface area (Å²) >= 11 is 1.61. The molecule has 0 unspecified atom stereocenters. The van der Waals surface area contributed by atoms with Crippen LogP contribution in [0.4, 0.5) is 0 Å². The molecule has 2 aromatic rings. The van der Waals surface area contributed by atoms with E-state index in [4.69, 9.17) is 0 Å². The minimum Gasteiger partial charge on any atom is -0.266 e. The Morgan fingerprint density at radius 1 is 1.13 bits per heavy atom. The number of hydrazone groups is 1. The zero-order valence-corrected chi connectivity index (χ0v) is 14.7. The van der Waals surface area contributed by atoms with E-state index in [1.807, 2.05) is 19.1 Å². The minimum absolute atomic E-state index is 0.104. The van der Waals surface area contributed by atoms with Crippen molar-refractivity contribution in [1.29, 1.82) is 0 Å². The van der Waals surface area contributed by atoms with Crippen LogP contribution in [0.25, 0.3) is 0 Å². The van der Waals surface area contributed by atoms with Crippen molar-refractivity contribution in [3.05, 3.63) is 56.3 Å². The molecule has 120 valence electrons. The predicted octanol–water partition coefficient (Wildman–Crippen LogP) is 4.40. The van der Waals surface area contributed by atoms with Gasteiger partial charge in [-0.2, -0.15) is 5.10 Å². The van der Waals surface area contributed by atoms with Crippen molar-refractivity contribution in [2.75, 3.05) is 0 Å². The monoisotopic (exact) mass is 326 g/mol. The maximum Gasteiger partial charge on any atom is 0.281 e. The molecule has 1 aliphatic rings. The smallest absolute Gasteiger partial charge is 0.266 e. The Labute approximate surface area is 141 Å². The number of carbonyl (C=O) groups is 1. The van der Waals surface area contributed by atoms with Gasteiger partial charge in [0.1, 0.15) is 0 Å². The predicted molar refractivity (Wildman–Crippen MR) is 96.6 cm³/mol. The number of carbonyl (C=O) groups excluding carboxylic acids is 1. The van der Waals surface area contributed by atoms with Gasteiger partial charge in [0.15, 0.2) is 0 Å². The first-order valence-corrected chi connectivity index (χ1v) is 8.90. The van der Waals surface area contributed by atoms with E-state index < -0.39 is 0 Å². The second-order valence-electron chi connectivity index (χ2n) is 6.20. The van der Waals surface area contributed by atoms with E-state index in [9.17, 15) is 4.79 Å². The highest BCUT2D eigenvalue weighted by Gasteiger charge is 2.17. The standard InChI is InChI=1S/C19H22N2OS/c1-12-8-9-15(10-13(12)2)14(3)20-21-19(22)18-11-16-6-4-5-7-17(16)23-18/h8-11H,4-7H2,1-3H3,(H,21,22). The van der Waals surface area contributed by atoms with Crippen LogP contribution in [0, 0.1) is 13.8 Å². The molecule has 0 fully saturated rings. The van der Waals surface area contributed by atoms with E-state index >= 15 is 0 Å². The fourth-order valence-electron chi connectivity index (χ4n) is 2.82. The number of amides is 1. The van der Waals surface area contributed by atoms with Crippen LogP contribution in [0.5, 0.6) is 0 Å². The Hall–Kier alpha value is -1.94. The Balaban J connectivity index is 1.72. The van der Waals surface area contributed by atoms with E-state index in [0.717, 1.165) is 29.0 Å². The van der Waals surface area contributed by atoms with E-state index in [1.165, 1.54) is 34.4 Å². The lowest BCUT2D eigenvalue weighted by molar-refractivity contribution is 0.0959. The van der Waals surface area contributed by atoms with Gasteiger partial charge in [-0.15, -0.1) is 11.3 Å². The highest BCUT2D eigenvalue weighted by molar-refractivity contribution is 7.14. The van der Waals surface area contributed by atoms with Crippen molar-refractivity contribution in [2.45, 2.75) is 46.5 Å². The lowest BCUT2D eigenvalue weighted by atomic mass is 9.99. The zero-order valence-electron chi connectivity index (χ0n) is 13.9. The van der Waals surface area contributed by atoms with Gasteiger partial charge in [0.05, 0.1) is 10.6 Å². The van der Waals surface area contributed by atoms with Crippen LogP contribution in [-0.2, 0) is 12.8 Å². The van der Waals surface area contributed by atoms with Gasteiger partial charge in [-0.05, 0) is 80.8 Å². The Morgan fingerprint density at radius 2 is 1.91 bits per heavy atom. The van der Waals surface area contributed by atoms with Crippen LogP contribution in [0.3, 0.4) is 0 Å². The molecular formula is C19H22N2OS. The van der Waals surface area contributed by atoms with Crippen LogP contribution in [0.15, 0.2) is 29.4 Å². The topological polar surface area (TPSA) is 41.5 Å². The summed E-state index contributed by atoms with van der Waals surface area (Å²) in [6.07, 6.45) is 4.68. The van der Waals surface area contributed by atoms with E-state index in [1.54, 1.807) is 11.3 Å². The van der Waals surface area contributed by atoms with E-state index in [2.05, 4.69) is 36.5 Å². The van der Waals surface area contributed by atoms with Crippen LogP contribution < -0.4 is 5.43 Å². The number of fused-ring (bicyclic) bond motifs is 1. The van der Waals surface area contributed by atoms with Gasteiger partial charge in [-0.1, -0.05) is 12.1 Å². The van der Waals surface area contributed by atoms with Gasteiger partial charge in [0, 0.05) is 4.88 Å². The summed E-state index contributed by atoms with van der Waals surface area (Å²) in [4.78, 5) is 14.5. The zero-order chi connectivity index (χ0) is 16.4. The summed E-state index contributed by atoms with van der Waals surface area (Å²) in [7, 11) is 0. The molecule has 0 radical (unpaired) electrons. The first kappa shape index (κ1) is 15.9. The molecule has 0 atom stereocenters. The maximum atomic E-state index is 12.3. The van der Waals surface area contributed by atoms with Gasteiger partial charge in [0.25, 0.3) is 5.91 Å². The summed E-state index contributed by atoms with van der Waals surface area (Å²) in [5.41, 5.74) is 8.40. The number of nitrogens with zero attached hydrogens (tertiary/aromatic N) is 1. The molecule has 1 N–H and O–H groups in total. The van der Waals surface area contributed by atoms with Gasteiger partial charge in [-0.3, -0.25) is 4.79 Å². The second kappa shape index (κ2) is 6.67. The Bertz CT molecular complexity index is 750. The minimum atomic E-state index is -0.104. The number of hydrogen-bond donors (Lipinski definition) is 1. The Kier molecular flexibility index (Phi) is 4.62. The van der Waals surface area contributed by atoms with Crippen LogP contribution in [0.2, 0.25) is 0 Å². The number of rotatable bonds is 3. The summed E-state index contributed by atoms with van der Waals surface area (Å²) in [6.45, 7) is 6.09. The van der Waals surface area contributed by atoms with Crippen LogP contribution >= 0.6 is 11.3 Å². The van der Waals surface area contributed by atoms with Crippen molar-refractivity contribution in [2.24, 2.45) is 5.10 Å². The van der Waals surface area contributed by atoms with Gasteiger partial charge in [0.2, 0.25) is 0 Å². The first-order chi connectivity index (χ1) is 11.0. The largest absolute Gasteiger partial charge is 0.281 e. The molecule has 1 aromatic heterocycles. The van der Waals surface area contributed by atoms with Crippen molar-refractivity contribution in [3.8, 4) is 0 Å². The van der Waals surface area contributed by atoms with E-state index in [-0.39, 0.29) is 5.91 Å². The van der Waals surface area contributed by atoms with Gasteiger partial charge < -0.3 is 0 Å². The van der Waals surface area contributed by atoms with Gasteiger partial charge >= 0.3 is 0 Å². The summed E-state index contributed by atoms with van der Waals surface area (Å²) in [5, 5.41) is 4.27. The molecule has 3 nitrogen and oxygen atoms in total. The molecule has 1 heterocycles. The fourth-order valence-corrected chi connectivity index (χ4v) is 3.97. The quantitative estimate of drug-likeness (QED) is 0.659. The molecule has 23 heavy (non-hydrogen) atoms. The molecular weight excluding hydrogens is 304 g/mol. The maximum absolute atomic E-state index is 12.3. The molecule has 0 saturated carbocycles. The summed E-state index contributed by atoms with van der Waals surface area (Å²) < 4.78 is 0. The molecule has 0 saturated heterocycles. The van der Waals surface area contributed by atoms with Crippen molar-refractivity contribution < 1.29 is 4.79 Å². The fraction of sp³-hybridized carbons (Fsp3) is 0.368. The third kappa shape index (κ3) is 3.53. The molecule has 1 aromatic carbocycles. The molecule has 3 rings (SSSR count). The van der Waals surface area contributed by atoms with Crippen molar-refractivity contribution in [1.82, 2.24) is 5.43 Å². The highest BCUT2D eigenvalue weighted by atomic mass is 32.1. The number of aryl methyl sites for hydroxylation is 4. The van der Waals surface area contributed by atoms with Crippen molar-refractivity contribution in [3.63, 3.8) is 0 Å². The second-order valence-corrected chi connectivity index (χ2v) is 7.34. The number of thiophene rings is 1.